The van der Waals surface area contributed by atoms with Crippen molar-refractivity contribution in [1.82, 2.24) is 10.0 Å². The molecule has 2 rings (SSSR count). The van der Waals surface area contributed by atoms with E-state index in [1.54, 1.807) is 6.07 Å². The molecule has 2 unspecified atom stereocenters. The maximum Gasteiger partial charge on any atom is 0.240 e. The predicted molar refractivity (Wildman–Crippen MR) is 81.0 cm³/mol. The Bertz CT molecular complexity index is 569. The van der Waals surface area contributed by atoms with Crippen LogP contribution in [0.5, 0.6) is 0 Å². The molecule has 2 N–H and O–H groups in total. The van der Waals surface area contributed by atoms with E-state index in [0.29, 0.717) is 29.8 Å². The highest BCUT2D eigenvalue weighted by atomic mass is 32.2. The van der Waals surface area contributed by atoms with Crippen molar-refractivity contribution in [2.45, 2.75) is 38.6 Å². The fourth-order valence-corrected chi connectivity index (χ4v) is 3.68. The Hall–Kier alpha value is -0.910. The van der Waals surface area contributed by atoms with Crippen LogP contribution >= 0.6 is 0 Å². The summed E-state index contributed by atoms with van der Waals surface area (Å²) in [6.45, 7) is 8.14. The lowest BCUT2D eigenvalue weighted by atomic mass is 10.1. The summed E-state index contributed by atoms with van der Waals surface area (Å²) in [7, 11) is -3.39. The van der Waals surface area contributed by atoms with Gasteiger partial charge < -0.3 is 5.32 Å². The fraction of sp³-hybridized carbons (Fsp3) is 0.600. The van der Waals surface area contributed by atoms with Gasteiger partial charge in [0.2, 0.25) is 10.0 Å². The molecule has 1 aromatic rings. The molecule has 4 nitrogen and oxygen atoms in total. The van der Waals surface area contributed by atoms with E-state index in [-0.39, 0.29) is 0 Å². The van der Waals surface area contributed by atoms with Crippen molar-refractivity contribution in [3.63, 3.8) is 0 Å². The average Bonchev–Trinajstić information content (AvgIpc) is 3.11. The number of hydrogen-bond acceptors (Lipinski definition) is 3. The van der Waals surface area contributed by atoms with Gasteiger partial charge in [-0.15, -0.1) is 0 Å². The molecule has 0 spiro atoms. The van der Waals surface area contributed by atoms with E-state index < -0.39 is 10.0 Å². The lowest BCUT2D eigenvalue weighted by Gasteiger charge is -2.11. The summed E-state index contributed by atoms with van der Waals surface area (Å²) in [5, 5.41) is 3.21. The van der Waals surface area contributed by atoms with Crippen LogP contribution in [-0.4, -0.2) is 21.5 Å². The Morgan fingerprint density at radius 3 is 2.65 bits per heavy atom. The zero-order valence-electron chi connectivity index (χ0n) is 12.4. The first-order valence-corrected chi connectivity index (χ1v) is 8.72. The first kappa shape index (κ1) is 15.5. The number of benzene rings is 1. The lowest BCUT2D eigenvalue weighted by Crippen LogP contribution is -2.27. The van der Waals surface area contributed by atoms with Crippen LogP contribution in [0, 0.1) is 18.8 Å². The largest absolute Gasteiger partial charge is 0.313 e. The van der Waals surface area contributed by atoms with E-state index in [4.69, 9.17) is 0 Å². The first-order chi connectivity index (χ1) is 9.44. The predicted octanol–water partition coefficient (Wildman–Crippen LogP) is 2.04. The number of aryl methyl sites for hydroxylation is 1. The maximum atomic E-state index is 12.4. The molecular formula is C15H24N2O2S. The van der Waals surface area contributed by atoms with Crippen LogP contribution in [0.15, 0.2) is 23.1 Å². The molecule has 1 aliphatic rings. The highest BCUT2D eigenvalue weighted by molar-refractivity contribution is 7.89. The quantitative estimate of drug-likeness (QED) is 0.809. The third-order valence-electron chi connectivity index (χ3n) is 3.93. The smallest absolute Gasteiger partial charge is 0.240 e. The zero-order valence-corrected chi connectivity index (χ0v) is 13.3. The van der Waals surface area contributed by atoms with Crippen molar-refractivity contribution < 1.29 is 8.42 Å². The molecule has 0 aliphatic heterocycles. The molecule has 0 aromatic heterocycles. The summed E-state index contributed by atoms with van der Waals surface area (Å²) in [4.78, 5) is 0.404. The van der Waals surface area contributed by atoms with Crippen LogP contribution in [0.4, 0.5) is 0 Å². The minimum Gasteiger partial charge on any atom is -0.313 e. The van der Waals surface area contributed by atoms with Gasteiger partial charge >= 0.3 is 0 Å². The van der Waals surface area contributed by atoms with Gasteiger partial charge in [0.05, 0.1) is 4.90 Å². The molecule has 1 saturated carbocycles. The molecule has 2 atom stereocenters. The minimum absolute atomic E-state index is 0.404. The van der Waals surface area contributed by atoms with Crippen molar-refractivity contribution in [1.29, 1.82) is 0 Å². The van der Waals surface area contributed by atoms with Crippen molar-refractivity contribution in [2.24, 2.45) is 11.8 Å². The van der Waals surface area contributed by atoms with E-state index >= 15 is 0 Å². The first-order valence-electron chi connectivity index (χ1n) is 7.24. The molecule has 0 bridgehead atoms. The molecule has 1 fully saturated rings. The van der Waals surface area contributed by atoms with Gasteiger partial charge in [-0.05, 0) is 48.9 Å². The van der Waals surface area contributed by atoms with Crippen LogP contribution in [0.2, 0.25) is 0 Å². The molecule has 0 heterocycles. The monoisotopic (exact) mass is 296 g/mol. The summed E-state index contributed by atoms with van der Waals surface area (Å²) in [6, 6.07) is 5.62. The van der Waals surface area contributed by atoms with E-state index in [2.05, 4.69) is 17.0 Å². The van der Waals surface area contributed by atoms with Crippen LogP contribution in [0.25, 0.3) is 0 Å². The Kier molecular flexibility index (Phi) is 4.83. The second kappa shape index (κ2) is 6.24. The third kappa shape index (κ3) is 3.81. The van der Waals surface area contributed by atoms with Gasteiger partial charge in [-0.25, -0.2) is 13.1 Å². The fourth-order valence-electron chi connectivity index (χ4n) is 2.29. The Labute approximate surface area is 122 Å². The molecule has 0 radical (unpaired) electrons. The molecule has 0 amide bonds. The summed E-state index contributed by atoms with van der Waals surface area (Å²) >= 11 is 0. The summed E-state index contributed by atoms with van der Waals surface area (Å²) in [5.41, 5.74) is 1.79. The van der Waals surface area contributed by atoms with E-state index in [0.717, 1.165) is 24.1 Å². The summed E-state index contributed by atoms with van der Waals surface area (Å²) in [6.07, 6.45) is 1.13. The second-order valence-corrected chi connectivity index (χ2v) is 7.44. The third-order valence-corrected chi connectivity index (χ3v) is 5.50. The zero-order chi connectivity index (χ0) is 14.8. The van der Waals surface area contributed by atoms with E-state index in [9.17, 15) is 8.42 Å². The van der Waals surface area contributed by atoms with Crippen LogP contribution < -0.4 is 10.0 Å². The minimum atomic E-state index is -3.39. The highest BCUT2D eigenvalue weighted by Gasteiger charge is 2.33. The van der Waals surface area contributed by atoms with Crippen LogP contribution in [0.1, 0.15) is 31.4 Å². The second-order valence-electron chi connectivity index (χ2n) is 5.71. The lowest BCUT2D eigenvalue weighted by molar-refractivity contribution is 0.573. The molecule has 1 aliphatic carbocycles. The standard InChI is InChI=1S/C15H24N2O2S/c1-4-16-9-13-6-5-11(2)15(8-13)20(18,19)17-10-14-7-12(14)3/h5-6,8,12,14,16-17H,4,7,9-10H2,1-3H3. The summed E-state index contributed by atoms with van der Waals surface area (Å²) in [5.74, 6) is 1.16. The van der Waals surface area contributed by atoms with E-state index in [1.165, 1.54) is 0 Å². The molecule has 112 valence electrons. The summed E-state index contributed by atoms with van der Waals surface area (Å²) < 4.78 is 27.5. The van der Waals surface area contributed by atoms with Crippen LogP contribution in [0.3, 0.4) is 0 Å². The number of sulfonamides is 1. The highest BCUT2D eigenvalue weighted by Crippen LogP contribution is 2.37. The van der Waals surface area contributed by atoms with Gasteiger partial charge in [-0.1, -0.05) is 26.0 Å². The van der Waals surface area contributed by atoms with Gasteiger partial charge in [-0.3, -0.25) is 0 Å². The van der Waals surface area contributed by atoms with Crippen LogP contribution in [-0.2, 0) is 16.6 Å². The molecule has 5 heteroatoms. The van der Waals surface area contributed by atoms with Gasteiger partial charge in [0.1, 0.15) is 0 Å². The Morgan fingerprint density at radius 2 is 2.05 bits per heavy atom. The Morgan fingerprint density at radius 1 is 1.35 bits per heavy atom. The Balaban J connectivity index is 2.12. The number of rotatable bonds is 7. The maximum absolute atomic E-state index is 12.4. The van der Waals surface area contributed by atoms with Gasteiger partial charge in [0.25, 0.3) is 0 Å². The molecular weight excluding hydrogens is 272 g/mol. The SMILES string of the molecule is CCNCc1ccc(C)c(S(=O)(=O)NCC2CC2C)c1. The number of hydrogen-bond donors (Lipinski definition) is 2. The van der Waals surface area contributed by atoms with Crippen molar-refractivity contribution in [2.75, 3.05) is 13.1 Å². The van der Waals surface area contributed by atoms with Crippen molar-refractivity contribution in [3.05, 3.63) is 29.3 Å². The molecule has 20 heavy (non-hydrogen) atoms. The van der Waals surface area contributed by atoms with Gasteiger partial charge in [-0.2, -0.15) is 0 Å². The van der Waals surface area contributed by atoms with E-state index in [1.807, 2.05) is 26.0 Å². The normalized spacial score (nSPS) is 21.9. The molecule has 1 aromatic carbocycles. The topological polar surface area (TPSA) is 58.2 Å². The molecule has 0 saturated heterocycles. The van der Waals surface area contributed by atoms with Crippen molar-refractivity contribution in [3.8, 4) is 0 Å². The van der Waals surface area contributed by atoms with Gasteiger partial charge in [0.15, 0.2) is 0 Å². The van der Waals surface area contributed by atoms with Crippen molar-refractivity contribution >= 4 is 10.0 Å². The number of nitrogens with one attached hydrogen (secondary N) is 2. The average molecular weight is 296 g/mol. The van der Waals surface area contributed by atoms with Gasteiger partial charge in [0, 0.05) is 13.1 Å².